The molecule has 142 valence electrons. The molecule has 0 aliphatic rings. The quantitative estimate of drug-likeness (QED) is 0.325. The molecule has 0 unspecified atom stereocenters. The van der Waals surface area contributed by atoms with Crippen molar-refractivity contribution in [1.82, 2.24) is 20.4 Å². The molecule has 0 bridgehead atoms. The lowest BCUT2D eigenvalue weighted by atomic mass is 10.2. The second-order valence-electron chi connectivity index (χ2n) is 5.90. The zero-order valence-corrected chi connectivity index (χ0v) is 18.2. The molecule has 2 aromatic carbocycles. The van der Waals surface area contributed by atoms with Crippen molar-refractivity contribution < 1.29 is 4.52 Å². The zero-order chi connectivity index (χ0) is 18.4. The first-order valence-electron chi connectivity index (χ1n) is 8.20. The molecule has 0 radical (unpaired) electrons. The van der Waals surface area contributed by atoms with Gasteiger partial charge in [-0.05, 0) is 17.7 Å². The zero-order valence-electron chi connectivity index (χ0n) is 15.1. The summed E-state index contributed by atoms with van der Waals surface area (Å²) in [6.45, 7) is 0.984. The van der Waals surface area contributed by atoms with Crippen LogP contribution in [0.5, 0.6) is 0 Å². The Hall–Kier alpha value is -2.13. The topological polar surface area (TPSA) is 66.5 Å². The summed E-state index contributed by atoms with van der Waals surface area (Å²) < 4.78 is 5.31. The number of hydrogen-bond acceptors (Lipinski definition) is 4. The van der Waals surface area contributed by atoms with Crippen LogP contribution in [0.3, 0.4) is 0 Å². The van der Waals surface area contributed by atoms with Gasteiger partial charge in [0.25, 0.3) is 0 Å². The molecule has 3 rings (SSSR count). The van der Waals surface area contributed by atoms with Crippen LogP contribution in [-0.4, -0.2) is 35.1 Å². The van der Waals surface area contributed by atoms with Crippen LogP contribution in [0, 0.1) is 0 Å². The summed E-state index contributed by atoms with van der Waals surface area (Å²) >= 11 is 6.00. The molecular weight excluding hydrogens is 477 g/mol. The van der Waals surface area contributed by atoms with E-state index in [4.69, 9.17) is 16.1 Å². The fourth-order valence-corrected chi connectivity index (χ4v) is 2.52. The van der Waals surface area contributed by atoms with Gasteiger partial charge in [-0.25, -0.2) is 4.99 Å². The SMILES string of the molecule is CN(C)C(=NCc1ccccc1)NCc1nc(-c2cccc(Cl)c2)no1.I. The van der Waals surface area contributed by atoms with Crippen molar-refractivity contribution in [2.45, 2.75) is 13.1 Å². The fourth-order valence-electron chi connectivity index (χ4n) is 2.33. The summed E-state index contributed by atoms with van der Waals surface area (Å²) in [5.74, 6) is 1.74. The van der Waals surface area contributed by atoms with Gasteiger partial charge in [-0.1, -0.05) is 59.2 Å². The Bertz CT molecular complexity index is 883. The lowest BCUT2D eigenvalue weighted by Gasteiger charge is -2.16. The first kappa shape index (κ1) is 21.2. The van der Waals surface area contributed by atoms with E-state index in [0.29, 0.717) is 29.8 Å². The Morgan fingerprint density at radius 1 is 1.15 bits per heavy atom. The molecule has 1 aromatic heterocycles. The number of nitrogens with zero attached hydrogens (tertiary/aromatic N) is 4. The minimum absolute atomic E-state index is 0. The van der Waals surface area contributed by atoms with E-state index in [-0.39, 0.29) is 24.0 Å². The number of aromatic nitrogens is 2. The molecule has 0 amide bonds. The molecule has 0 spiro atoms. The molecule has 1 N–H and O–H groups in total. The van der Waals surface area contributed by atoms with E-state index in [1.807, 2.05) is 61.5 Å². The average Bonchev–Trinajstić information content (AvgIpc) is 3.11. The maximum Gasteiger partial charge on any atom is 0.246 e. The van der Waals surface area contributed by atoms with E-state index in [1.165, 1.54) is 0 Å². The molecule has 3 aromatic rings. The molecule has 1 heterocycles. The van der Waals surface area contributed by atoms with Crippen LogP contribution in [0.15, 0.2) is 64.1 Å². The van der Waals surface area contributed by atoms with Crippen molar-refractivity contribution >= 4 is 41.5 Å². The number of nitrogens with one attached hydrogen (secondary N) is 1. The van der Waals surface area contributed by atoms with Crippen LogP contribution < -0.4 is 5.32 Å². The summed E-state index contributed by atoms with van der Waals surface area (Å²) in [6, 6.07) is 17.4. The number of hydrogen-bond donors (Lipinski definition) is 1. The van der Waals surface area contributed by atoms with Crippen LogP contribution in [0.2, 0.25) is 5.02 Å². The molecule has 0 saturated heterocycles. The van der Waals surface area contributed by atoms with E-state index < -0.39 is 0 Å². The molecule has 0 aliphatic carbocycles. The highest BCUT2D eigenvalue weighted by atomic mass is 127. The monoisotopic (exact) mass is 497 g/mol. The van der Waals surface area contributed by atoms with Crippen molar-refractivity contribution in [3.8, 4) is 11.4 Å². The van der Waals surface area contributed by atoms with Gasteiger partial charge in [0, 0.05) is 24.7 Å². The minimum atomic E-state index is 0. The summed E-state index contributed by atoms with van der Waals surface area (Å²) in [5.41, 5.74) is 1.97. The van der Waals surface area contributed by atoms with Gasteiger partial charge in [0.2, 0.25) is 11.7 Å². The van der Waals surface area contributed by atoms with Crippen LogP contribution >= 0.6 is 35.6 Å². The third-order valence-electron chi connectivity index (χ3n) is 3.63. The third kappa shape index (κ3) is 6.21. The number of aliphatic imine (C=N–C) groups is 1. The Labute approximate surface area is 180 Å². The molecule has 6 nitrogen and oxygen atoms in total. The second-order valence-corrected chi connectivity index (χ2v) is 6.33. The van der Waals surface area contributed by atoms with Gasteiger partial charge >= 0.3 is 0 Å². The van der Waals surface area contributed by atoms with E-state index in [1.54, 1.807) is 12.1 Å². The van der Waals surface area contributed by atoms with Gasteiger partial charge < -0.3 is 14.7 Å². The number of rotatable bonds is 5. The van der Waals surface area contributed by atoms with Crippen LogP contribution in [0.1, 0.15) is 11.5 Å². The average molecular weight is 498 g/mol. The summed E-state index contributed by atoms with van der Waals surface area (Å²) in [5, 5.41) is 7.88. The van der Waals surface area contributed by atoms with E-state index in [2.05, 4.69) is 20.4 Å². The van der Waals surface area contributed by atoms with Gasteiger partial charge in [-0.15, -0.1) is 24.0 Å². The molecular formula is C19H21ClIN5O. The third-order valence-corrected chi connectivity index (χ3v) is 3.86. The highest BCUT2D eigenvalue weighted by molar-refractivity contribution is 14.0. The van der Waals surface area contributed by atoms with Crippen molar-refractivity contribution in [1.29, 1.82) is 0 Å². The second kappa shape index (κ2) is 10.3. The number of halogens is 2. The summed E-state index contributed by atoms with van der Waals surface area (Å²) in [6.07, 6.45) is 0. The predicted molar refractivity (Wildman–Crippen MR) is 118 cm³/mol. The number of benzene rings is 2. The standard InChI is InChI=1S/C19H20ClN5O.HI/c1-25(2)19(21-12-14-7-4-3-5-8-14)22-13-17-23-18(24-26-17)15-9-6-10-16(20)11-15;/h3-11H,12-13H2,1-2H3,(H,21,22);1H. The van der Waals surface area contributed by atoms with Crippen LogP contribution in [0.25, 0.3) is 11.4 Å². The van der Waals surface area contributed by atoms with Crippen LogP contribution in [-0.2, 0) is 13.1 Å². The van der Waals surface area contributed by atoms with Crippen molar-refractivity contribution in [2.24, 2.45) is 4.99 Å². The maximum absolute atomic E-state index is 6.00. The van der Waals surface area contributed by atoms with Crippen molar-refractivity contribution in [2.75, 3.05) is 14.1 Å². The Morgan fingerprint density at radius 3 is 2.63 bits per heavy atom. The predicted octanol–water partition coefficient (Wildman–Crippen LogP) is 4.22. The van der Waals surface area contributed by atoms with Crippen LogP contribution in [0.4, 0.5) is 0 Å². The first-order chi connectivity index (χ1) is 12.6. The highest BCUT2D eigenvalue weighted by Crippen LogP contribution is 2.19. The van der Waals surface area contributed by atoms with Gasteiger partial charge in [0.1, 0.15) is 0 Å². The Kier molecular flexibility index (Phi) is 8.05. The van der Waals surface area contributed by atoms with Gasteiger partial charge in [0.05, 0.1) is 13.1 Å². The largest absolute Gasteiger partial charge is 0.349 e. The molecule has 0 saturated carbocycles. The summed E-state index contributed by atoms with van der Waals surface area (Å²) in [7, 11) is 3.87. The van der Waals surface area contributed by atoms with E-state index >= 15 is 0 Å². The van der Waals surface area contributed by atoms with Gasteiger partial charge in [-0.2, -0.15) is 4.98 Å². The molecule has 27 heavy (non-hydrogen) atoms. The lowest BCUT2D eigenvalue weighted by molar-refractivity contribution is 0.373. The maximum atomic E-state index is 6.00. The van der Waals surface area contributed by atoms with E-state index in [0.717, 1.165) is 17.1 Å². The Morgan fingerprint density at radius 2 is 1.93 bits per heavy atom. The lowest BCUT2D eigenvalue weighted by Crippen LogP contribution is -2.36. The molecule has 8 heteroatoms. The molecule has 0 atom stereocenters. The summed E-state index contributed by atoms with van der Waals surface area (Å²) in [4.78, 5) is 10.9. The normalized spacial score (nSPS) is 11.0. The van der Waals surface area contributed by atoms with E-state index in [9.17, 15) is 0 Å². The van der Waals surface area contributed by atoms with Gasteiger partial charge in [-0.3, -0.25) is 0 Å². The minimum Gasteiger partial charge on any atom is -0.349 e. The van der Waals surface area contributed by atoms with Crippen molar-refractivity contribution in [3.05, 3.63) is 71.1 Å². The Balaban J connectivity index is 0.00000261. The molecule has 0 aliphatic heterocycles. The number of guanidine groups is 1. The smallest absolute Gasteiger partial charge is 0.246 e. The first-order valence-corrected chi connectivity index (χ1v) is 8.58. The fraction of sp³-hybridized carbons (Fsp3) is 0.211. The molecule has 0 fully saturated rings. The van der Waals surface area contributed by atoms with Gasteiger partial charge in [0.15, 0.2) is 5.96 Å². The van der Waals surface area contributed by atoms with Crippen molar-refractivity contribution in [3.63, 3.8) is 0 Å². The highest BCUT2D eigenvalue weighted by Gasteiger charge is 2.10.